The van der Waals surface area contributed by atoms with Gasteiger partial charge in [0.2, 0.25) is 5.95 Å². The molecule has 1 aromatic carbocycles. The first kappa shape index (κ1) is 19.3. The van der Waals surface area contributed by atoms with E-state index in [9.17, 15) is 13.2 Å². The van der Waals surface area contributed by atoms with Crippen molar-refractivity contribution in [2.45, 2.75) is 33.2 Å². The molecule has 1 fully saturated rings. The van der Waals surface area contributed by atoms with Crippen LogP contribution in [0.5, 0.6) is 0 Å². The molecule has 3 rings (SSSR count). The Kier molecular flexibility index (Phi) is 5.46. The largest absolute Gasteiger partial charge is 0.337 e. The van der Waals surface area contributed by atoms with Crippen molar-refractivity contribution in [2.24, 2.45) is 0 Å². The second-order valence-corrected chi connectivity index (χ2v) is 9.06. The number of amides is 1. The van der Waals surface area contributed by atoms with Gasteiger partial charge in [-0.3, -0.25) is 4.79 Å². The Bertz CT molecular complexity index is 922. The van der Waals surface area contributed by atoms with Gasteiger partial charge in [-0.1, -0.05) is 18.2 Å². The van der Waals surface area contributed by atoms with Gasteiger partial charge in [0.05, 0.1) is 17.1 Å². The van der Waals surface area contributed by atoms with E-state index in [0.717, 1.165) is 16.8 Å². The third-order valence-corrected chi connectivity index (χ3v) is 6.62. The van der Waals surface area contributed by atoms with E-state index in [2.05, 4.69) is 15.3 Å². The van der Waals surface area contributed by atoms with Gasteiger partial charge >= 0.3 is 0 Å². The molecule has 0 saturated carbocycles. The molecular formula is C19H24N4O3S. The molecule has 2 aromatic rings. The predicted octanol–water partition coefficient (Wildman–Crippen LogP) is 2.36. The highest BCUT2D eigenvalue weighted by Gasteiger charge is 2.32. The first-order chi connectivity index (χ1) is 12.8. The molecule has 0 bridgehead atoms. The summed E-state index contributed by atoms with van der Waals surface area (Å²) in [6.45, 7) is 6.43. The second kappa shape index (κ2) is 7.64. The summed E-state index contributed by atoms with van der Waals surface area (Å²) < 4.78 is 23.5. The average Bonchev–Trinajstić information content (AvgIpc) is 2.99. The number of nitrogens with one attached hydrogen (secondary N) is 1. The van der Waals surface area contributed by atoms with Gasteiger partial charge < -0.3 is 10.2 Å². The fraction of sp³-hybridized carbons (Fsp3) is 0.421. The smallest absolute Gasteiger partial charge is 0.258 e. The summed E-state index contributed by atoms with van der Waals surface area (Å²) in [5.74, 6) is 0.498. The van der Waals surface area contributed by atoms with Gasteiger partial charge in [0.1, 0.15) is 0 Å². The van der Waals surface area contributed by atoms with E-state index >= 15 is 0 Å². The Labute approximate surface area is 159 Å². The SMILES string of the molecule is CCN(c1ncc(C(=O)Nc2c(C)cccc2C)cn1)C1CCS(=O)(=O)C1. The highest BCUT2D eigenvalue weighted by molar-refractivity contribution is 7.91. The number of hydrogen-bond donors (Lipinski definition) is 1. The Morgan fingerprint density at radius 2 is 1.85 bits per heavy atom. The van der Waals surface area contributed by atoms with Crippen LogP contribution in [-0.4, -0.2) is 48.4 Å². The van der Waals surface area contributed by atoms with Crippen LogP contribution in [0.1, 0.15) is 34.8 Å². The zero-order chi connectivity index (χ0) is 19.6. The summed E-state index contributed by atoms with van der Waals surface area (Å²) in [5, 5.41) is 2.91. The lowest BCUT2D eigenvalue weighted by molar-refractivity contribution is 0.102. The number of para-hydroxylation sites is 1. The Morgan fingerprint density at radius 1 is 1.22 bits per heavy atom. The van der Waals surface area contributed by atoms with Crippen LogP contribution in [0.3, 0.4) is 0 Å². The topological polar surface area (TPSA) is 92.3 Å². The number of hydrogen-bond acceptors (Lipinski definition) is 6. The van der Waals surface area contributed by atoms with E-state index in [1.165, 1.54) is 12.4 Å². The molecule has 27 heavy (non-hydrogen) atoms. The molecule has 0 spiro atoms. The fourth-order valence-electron chi connectivity index (χ4n) is 3.37. The first-order valence-corrected chi connectivity index (χ1v) is 10.8. The average molecular weight is 388 g/mol. The van der Waals surface area contributed by atoms with Crippen LogP contribution in [0.2, 0.25) is 0 Å². The minimum absolute atomic E-state index is 0.116. The summed E-state index contributed by atoms with van der Waals surface area (Å²) in [6.07, 6.45) is 3.54. The second-order valence-electron chi connectivity index (χ2n) is 6.84. The number of rotatable bonds is 5. The van der Waals surface area contributed by atoms with Gasteiger partial charge in [-0.2, -0.15) is 0 Å². The van der Waals surface area contributed by atoms with Gasteiger partial charge in [0.25, 0.3) is 5.91 Å². The van der Waals surface area contributed by atoms with Crippen molar-refractivity contribution in [1.82, 2.24) is 9.97 Å². The van der Waals surface area contributed by atoms with Crippen LogP contribution in [0.25, 0.3) is 0 Å². The summed E-state index contributed by atoms with van der Waals surface area (Å²) in [6, 6.07) is 5.71. The third-order valence-electron chi connectivity index (χ3n) is 4.87. The van der Waals surface area contributed by atoms with E-state index in [1.807, 2.05) is 43.9 Å². The Hall–Kier alpha value is -2.48. The van der Waals surface area contributed by atoms with E-state index in [0.29, 0.717) is 24.5 Å². The lowest BCUT2D eigenvalue weighted by Gasteiger charge is -2.26. The molecule has 1 amide bonds. The molecule has 1 saturated heterocycles. The van der Waals surface area contributed by atoms with Crippen molar-refractivity contribution in [3.05, 3.63) is 47.3 Å². The van der Waals surface area contributed by atoms with E-state index < -0.39 is 9.84 Å². The number of carbonyl (C=O) groups excluding carboxylic acids is 1. The van der Waals surface area contributed by atoms with Crippen LogP contribution in [0.4, 0.5) is 11.6 Å². The number of sulfone groups is 1. The predicted molar refractivity (Wildman–Crippen MR) is 106 cm³/mol. The summed E-state index contributed by atoms with van der Waals surface area (Å²) in [5.41, 5.74) is 3.12. The number of aryl methyl sites for hydroxylation is 2. The Balaban J connectivity index is 1.75. The number of nitrogens with zero attached hydrogens (tertiary/aromatic N) is 3. The maximum Gasteiger partial charge on any atom is 0.258 e. The van der Waals surface area contributed by atoms with Crippen molar-refractivity contribution < 1.29 is 13.2 Å². The van der Waals surface area contributed by atoms with E-state index in [4.69, 9.17) is 0 Å². The van der Waals surface area contributed by atoms with Crippen LogP contribution < -0.4 is 10.2 Å². The third kappa shape index (κ3) is 4.27. The summed E-state index contributed by atoms with van der Waals surface area (Å²) in [4.78, 5) is 23.0. The monoisotopic (exact) mass is 388 g/mol. The number of benzene rings is 1. The molecule has 144 valence electrons. The zero-order valence-electron chi connectivity index (χ0n) is 15.8. The number of carbonyl (C=O) groups is 1. The Morgan fingerprint density at radius 3 is 2.37 bits per heavy atom. The molecule has 0 aliphatic carbocycles. The molecule has 0 radical (unpaired) electrons. The van der Waals surface area contributed by atoms with Crippen LogP contribution in [0.15, 0.2) is 30.6 Å². The van der Waals surface area contributed by atoms with E-state index in [1.54, 1.807) is 0 Å². The lowest BCUT2D eigenvalue weighted by atomic mass is 10.1. The minimum atomic E-state index is -2.98. The van der Waals surface area contributed by atoms with Crippen LogP contribution >= 0.6 is 0 Å². The first-order valence-electron chi connectivity index (χ1n) is 8.97. The number of anilines is 2. The van der Waals surface area contributed by atoms with Crippen molar-refractivity contribution >= 4 is 27.4 Å². The van der Waals surface area contributed by atoms with Gasteiger partial charge in [0, 0.05) is 30.7 Å². The maximum absolute atomic E-state index is 12.5. The quantitative estimate of drug-likeness (QED) is 0.845. The van der Waals surface area contributed by atoms with E-state index in [-0.39, 0.29) is 23.5 Å². The van der Waals surface area contributed by atoms with Crippen molar-refractivity contribution in [2.75, 3.05) is 28.3 Å². The van der Waals surface area contributed by atoms with Crippen molar-refractivity contribution in [3.63, 3.8) is 0 Å². The molecule has 1 aromatic heterocycles. The molecule has 7 nitrogen and oxygen atoms in total. The minimum Gasteiger partial charge on any atom is -0.337 e. The molecular weight excluding hydrogens is 364 g/mol. The van der Waals surface area contributed by atoms with Gasteiger partial charge in [-0.05, 0) is 38.3 Å². The highest BCUT2D eigenvalue weighted by Crippen LogP contribution is 2.22. The van der Waals surface area contributed by atoms with Gasteiger partial charge in [-0.15, -0.1) is 0 Å². The highest BCUT2D eigenvalue weighted by atomic mass is 32.2. The molecule has 1 N–H and O–H groups in total. The lowest BCUT2D eigenvalue weighted by Crippen LogP contribution is -2.37. The maximum atomic E-state index is 12.5. The van der Waals surface area contributed by atoms with Gasteiger partial charge in [0.15, 0.2) is 9.84 Å². The standard InChI is InChI=1S/C19H24N4O3S/c1-4-23(16-8-9-27(25,26)12-16)19-20-10-15(11-21-19)18(24)22-17-13(2)6-5-7-14(17)3/h5-7,10-11,16H,4,8-9,12H2,1-3H3,(H,22,24). The van der Waals surface area contributed by atoms with Crippen LogP contribution in [0, 0.1) is 13.8 Å². The molecule has 8 heteroatoms. The summed E-state index contributed by atoms with van der Waals surface area (Å²) in [7, 11) is -2.98. The zero-order valence-corrected chi connectivity index (χ0v) is 16.6. The normalized spacial score (nSPS) is 18.3. The molecule has 1 atom stereocenters. The molecule has 1 aliphatic rings. The van der Waals surface area contributed by atoms with Crippen LogP contribution in [-0.2, 0) is 9.84 Å². The number of aromatic nitrogens is 2. The fourth-order valence-corrected chi connectivity index (χ4v) is 5.10. The van der Waals surface area contributed by atoms with Crippen molar-refractivity contribution in [3.8, 4) is 0 Å². The molecule has 2 heterocycles. The van der Waals surface area contributed by atoms with Crippen molar-refractivity contribution in [1.29, 1.82) is 0 Å². The molecule has 1 unspecified atom stereocenters. The summed E-state index contributed by atoms with van der Waals surface area (Å²) >= 11 is 0. The van der Waals surface area contributed by atoms with Gasteiger partial charge in [-0.25, -0.2) is 18.4 Å². The molecule has 1 aliphatic heterocycles.